The van der Waals surface area contributed by atoms with Gasteiger partial charge in [0.2, 0.25) is 6.29 Å². The summed E-state index contributed by atoms with van der Waals surface area (Å²) >= 11 is 0. The van der Waals surface area contributed by atoms with Crippen molar-refractivity contribution < 1.29 is 65.0 Å². The molecule has 0 saturated carbocycles. The molecule has 2 heterocycles. The number of ketones is 1. The molecule has 0 amide bonds. The molecule has 0 spiro atoms. The molecule has 4 rings (SSSR count). The van der Waals surface area contributed by atoms with Gasteiger partial charge >= 0.3 is 0 Å². The van der Waals surface area contributed by atoms with Crippen molar-refractivity contribution in [2.75, 3.05) is 6.61 Å². The summed E-state index contributed by atoms with van der Waals surface area (Å²) in [5.41, 5.74) is -0.306. The lowest BCUT2D eigenvalue weighted by Gasteiger charge is -2.38. The molecule has 34 heavy (non-hydrogen) atoms. The molecule has 7 atom stereocenters. The molecule has 13 heteroatoms. The lowest BCUT2D eigenvalue weighted by molar-refractivity contribution is -0.285. The quantitative estimate of drug-likeness (QED) is 0.223. The summed E-state index contributed by atoms with van der Waals surface area (Å²) < 4.78 is 15.7. The van der Waals surface area contributed by atoms with Crippen LogP contribution >= 0.6 is 0 Å². The minimum atomic E-state index is -1.80. The van der Waals surface area contributed by atoms with E-state index in [0.29, 0.717) is 0 Å². The lowest BCUT2D eigenvalue weighted by atomic mass is 9.87. The van der Waals surface area contributed by atoms with Crippen molar-refractivity contribution in [3.63, 3.8) is 0 Å². The predicted octanol–water partition coefficient (Wildman–Crippen LogP) is -1.64. The monoisotopic (exact) mass is 482 g/mol. The van der Waals surface area contributed by atoms with Crippen LogP contribution in [0.3, 0.4) is 0 Å². The van der Waals surface area contributed by atoms with Crippen LogP contribution in [0.5, 0.6) is 34.5 Å². The van der Waals surface area contributed by atoms with Gasteiger partial charge < -0.3 is 60.2 Å². The van der Waals surface area contributed by atoms with E-state index in [1.807, 2.05) is 0 Å². The predicted molar refractivity (Wildman–Crippen MR) is 108 cm³/mol. The fraction of sp³-hybridized carbons (Fsp3) is 0.381. The number of hydrogen-bond donors (Lipinski definition) is 9. The third kappa shape index (κ3) is 4.04. The van der Waals surface area contributed by atoms with Crippen LogP contribution in [0, 0.1) is 0 Å². The molecule has 13 nitrogen and oxygen atoms in total. The number of ether oxygens (including phenoxy) is 3. The van der Waals surface area contributed by atoms with Crippen LogP contribution in [-0.2, 0) is 4.74 Å². The first-order chi connectivity index (χ1) is 16.0. The third-order valence-corrected chi connectivity index (χ3v) is 5.67. The molecule has 2 aliphatic rings. The van der Waals surface area contributed by atoms with Crippen LogP contribution < -0.4 is 9.47 Å². The van der Waals surface area contributed by atoms with E-state index < -0.39 is 78.3 Å². The summed E-state index contributed by atoms with van der Waals surface area (Å²) in [4.78, 5) is 13.1. The molecular formula is C21H22O13. The number of phenolic OH excluding ortho intramolecular Hbond substituents is 4. The maximum absolute atomic E-state index is 13.1. The van der Waals surface area contributed by atoms with Gasteiger partial charge in [-0.15, -0.1) is 0 Å². The average molecular weight is 482 g/mol. The molecule has 0 aromatic heterocycles. The van der Waals surface area contributed by atoms with Gasteiger partial charge in [-0.05, 0) is 23.8 Å². The van der Waals surface area contributed by atoms with E-state index in [4.69, 9.17) is 14.2 Å². The number of Topliss-reactive ketones (excluding diaryl/α,β-unsaturated/α-hetero) is 1. The van der Waals surface area contributed by atoms with Crippen LogP contribution in [0.4, 0.5) is 0 Å². The third-order valence-electron chi connectivity index (χ3n) is 5.67. The van der Waals surface area contributed by atoms with E-state index in [1.54, 1.807) is 0 Å². The van der Waals surface area contributed by atoms with Gasteiger partial charge in [0, 0.05) is 6.07 Å². The Hall–Kier alpha value is -3.33. The number of fused-ring (bicyclic) bond motifs is 1. The molecule has 1 saturated heterocycles. The number of aliphatic hydroxyl groups is 5. The Balaban J connectivity index is 1.59. The fourth-order valence-corrected chi connectivity index (χ4v) is 3.83. The largest absolute Gasteiger partial charge is 0.504 e. The first kappa shape index (κ1) is 23.8. The molecule has 2 aromatic carbocycles. The Morgan fingerprint density at radius 3 is 2.09 bits per heavy atom. The van der Waals surface area contributed by atoms with Crippen LogP contribution in [0.1, 0.15) is 21.8 Å². The normalized spacial score (nSPS) is 31.0. The topological polar surface area (TPSA) is 227 Å². The van der Waals surface area contributed by atoms with Crippen molar-refractivity contribution in [1.82, 2.24) is 0 Å². The zero-order valence-electron chi connectivity index (χ0n) is 17.2. The van der Waals surface area contributed by atoms with Crippen LogP contribution in [0.15, 0.2) is 24.3 Å². The molecule has 1 fully saturated rings. The van der Waals surface area contributed by atoms with E-state index in [1.165, 1.54) is 0 Å². The van der Waals surface area contributed by atoms with Crippen molar-refractivity contribution in [1.29, 1.82) is 0 Å². The molecule has 0 bridgehead atoms. The van der Waals surface area contributed by atoms with Crippen molar-refractivity contribution in [2.24, 2.45) is 0 Å². The molecular weight excluding hydrogens is 460 g/mol. The summed E-state index contributed by atoms with van der Waals surface area (Å²) in [6.07, 6.45) is -9.89. The summed E-state index contributed by atoms with van der Waals surface area (Å²) in [5, 5.41) is 88.6. The number of carbonyl (C=O) groups excluding carboxylic acids is 1. The number of carbonyl (C=O) groups is 1. The number of hydrogen-bond acceptors (Lipinski definition) is 13. The Morgan fingerprint density at radius 2 is 1.44 bits per heavy atom. The highest BCUT2D eigenvalue weighted by Gasteiger charge is 2.44. The highest BCUT2D eigenvalue weighted by Crippen LogP contribution is 2.45. The van der Waals surface area contributed by atoms with Gasteiger partial charge in [-0.2, -0.15) is 0 Å². The molecule has 2 aliphatic heterocycles. The van der Waals surface area contributed by atoms with Gasteiger partial charge in [-0.3, -0.25) is 4.79 Å². The second-order valence-electron chi connectivity index (χ2n) is 7.93. The molecule has 0 aliphatic carbocycles. The summed E-state index contributed by atoms with van der Waals surface area (Å²) in [6.45, 7) is -0.457. The number of phenols is 4. The van der Waals surface area contributed by atoms with E-state index in [9.17, 15) is 50.8 Å². The maximum atomic E-state index is 13.1. The molecule has 7 unspecified atom stereocenters. The summed E-state index contributed by atoms with van der Waals surface area (Å²) in [5.74, 6) is -5.54. The Kier molecular flexibility index (Phi) is 6.16. The van der Waals surface area contributed by atoms with Gasteiger partial charge in [-0.25, -0.2) is 0 Å². The number of benzene rings is 2. The molecule has 2 aromatic rings. The summed E-state index contributed by atoms with van der Waals surface area (Å²) in [6, 6.07) is 4.13. The Bertz CT molecular complexity index is 1080. The Labute approximate surface area is 190 Å². The Morgan fingerprint density at radius 1 is 0.794 bits per heavy atom. The van der Waals surface area contributed by atoms with E-state index in [0.717, 1.165) is 24.3 Å². The van der Waals surface area contributed by atoms with E-state index >= 15 is 0 Å². The number of aromatic hydroxyl groups is 4. The highest BCUT2D eigenvalue weighted by atomic mass is 16.6. The van der Waals surface area contributed by atoms with E-state index in [-0.39, 0.29) is 22.6 Å². The first-order valence-electron chi connectivity index (χ1n) is 10.0. The van der Waals surface area contributed by atoms with Crippen molar-refractivity contribution >= 4 is 5.78 Å². The van der Waals surface area contributed by atoms with Crippen LogP contribution in [-0.4, -0.2) is 95.3 Å². The molecule has 184 valence electrons. The second-order valence-corrected chi connectivity index (χ2v) is 7.93. The molecule has 9 N–H and O–H groups in total. The van der Waals surface area contributed by atoms with Crippen molar-refractivity contribution in [2.45, 2.75) is 42.9 Å². The number of rotatable bonds is 4. The van der Waals surface area contributed by atoms with Gasteiger partial charge in [0.05, 0.1) is 5.56 Å². The minimum absolute atomic E-state index is 0.0815. The lowest BCUT2D eigenvalue weighted by Crippen LogP contribution is -2.58. The molecule has 0 radical (unpaired) electrons. The van der Waals surface area contributed by atoms with Gasteiger partial charge in [0.1, 0.15) is 42.7 Å². The van der Waals surface area contributed by atoms with Gasteiger partial charge in [0.15, 0.2) is 40.8 Å². The maximum Gasteiger partial charge on any atom is 0.212 e. The van der Waals surface area contributed by atoms with E-state index in [2.05, 4.69) is 0 Å². The zero-order valence-corrected chi connectivity index (χ0v) is 17.2. The fourth-order valence-electron chi connectivity index (χ4n) is 3.83. The zero-order chi connectivity index (χ0) is 24.9. The number of aliphatic hydroxyl groups excluding tert-OH is 5. The SMILES string of the molecule is O=C1c2cc(OCC3OC(O)C(O)C(O)C3O)cc(O)c2OC(O)C1c1cc(O)c(O)c(O)c1. The smallest absolute Gasteiger partial charge is 0.212 e. The van der Waals surface area contributed by atoms with Crippen LogP contribution in [0.2, 0.25) is 0 Å². The summed E-state index contributed by atoms with van der Waals surface area (Å²) in [7, 11) is 0. The first-order valence-corrected chi connectivity index (χ1v) is 10.0. The highest BCUT2D eigenvalue weighted by molar-refractivity contribution is 6.05. The second kappa shape index (κ2) is 8.79. The van der Waals surface area contributed by atoms with Crippen molar-refractivity contribution in [3.05, 3.63) is 35.4 Å². The minimum Gasteiger partial charge on any atom is -0.504 e. The van der Waals surface area contributed by atoms with Crippen molar-refractivity contribution in [3.8, 4) is 34.5 Å². The van der Waals surface area contributed by atoms with Gasteiger partial charge in [0.25, 0.3) is 0 Å². The van der Waals surface area contributed by atoms with Gasteiger partial charge in [-0.1, -0.05) is 0 Å². The van der Waals surface area contributed by atoms with Crippen LogP contribution in [0.25, 0.3) is 0 Å². The average Bonchev–Trinajstić information content (AvgIpc) is 2.78. The standard InChI is InChI=1S/C21H22O13/c22-9-1-6(2-10(23)15(9)26)13-14(25)8-3-7(4-11(24)19(8)34-20(13)30)32-5-12-16(27)17(28)18(29)21(31)33-12/h1-4,12-13,16-18,20-24,26-31H,5H2.